The van der Waals surface area contributed by atoms with Gasteiger partial charge in [-0.2, -0.15) is 0 Å². The number of benzene rings is 1. The summed E-state index contributed by atoms with van der Waals surface area (Å²) in [5.41, 5.74) is 2.86. The number of aryl methyl sites for hydroxylation is 1. The zero-order valence-corrected chi connectivity index (χ0v) is 12.0. The monoisotopic (exact) mass is 284 g/mol. The number of nitrogens with zero attached hydrogens (tertiary/aromatic N) is 3. The Bertz CT molecular complexity index is 766. The third-order valence-corrected chi connectivity index (χ3v) is 3.63. The summed E-state index contributed by atoms with van der Waals surface area (Å²) in [4.78, 5) is 0. The molecule has 0 fully saturated rings. The molecule has 1 aromatic carbocycles. The van der Waals surface area contributed by atoms with Crippen LogP contribution in [0, 0.1) is 12.7 Å². The summed E-state index contributed by atoms with van der Waals surface area (Å²) < 4.78 is 15.1. The van der Waals surface area contributed by atoms with E-state index < -0.39 is 0 Å². The predicted octanol–water partition coefficient (Wildman–Crippen LogP) is 3.03. The molecule has 0 radical (unpaired) electrons. The molecule has 0 saturated heterocycles. The van der Waals surface area contributed by atoms with E-state index in [0.29, 0.717) is 6.54 Å². The van der Waals surface area contributed by atoms with Crippen molar-refractivity contribution in [3.63, 3.8) is 0 Å². The van der Waals surface area contributed by atoms with Gasteiger partial charge in [0.25, 0.3) is 0 Å². The van der Waals surface area contributed by atoms with Crippen LogP contribution >= 0.6 is 0 Å². The highest BCUT2D eigenvalue weighted by Crippen LogP contribution is 2.14. The van der Waals surface area contributed by atoms with Crippen molar-refractivity contribution < 1.29 is 4.39 Å². The van der Waals surface area contributed by atoms with Gasteiger partial charge in [0, 0.05) is 12.7 Å². The molecule has 0 saturated carbocycles. The molecule has 5 heteroatoms. The van der Waals surface area contributed by atoms with Crippen LogP contribution in [-0.4, -0.2) is 14.6 Å². The fourth-order valence-corrected chi connectivity index (χ4v) is 2.37. The first-order valence-electron chi connectivity index (χ1n) is 6.93. The second-order valence-electron chi connectivity index (χ2n) is 5.16. The fourth-order valence-electron chi connectivity index (χ4n) is 2.37. The minimum absolute atomic E-state index is 0.0480. The molecule has 0 amide bonds. The quantitative estimate of drug-likeness (QED) is 0.800. The van der Waals surface area contributed by atoms with Crippen LogP contribution in [0.1, 0.15) is 29.9 Å². The number of fused-ring (bicyclic) bond motifs is 1. The molecule has 108 valence electrons. The Hall–Kier alpha value is -2.27. The lowest BCUT2D eigenvalue weighted by molar-refractivity contribution is 0.539. The van der Waals surface area contributed by atoms with E-state index in [2.05, 4.69) is 15.5 Å². The van der Waals surface area contributed by atoms with Crippen LogP contribution in [0.4, 0.5) is 4.39 Å². The topological polar surface area (TPSA) is 42.2 Å². The Morgan fingerprint density at radius 2 is 2.10 bits per heavy atom. The molecule has 2 heterocycles. The van der Waals surface area contributed by atoms with Crippen molar-refractivity contribution in [1.82, 2.24) is 19.9 Å². The van der Waals surface area contributed by atoms with Crippen LogP contribution in [0.25, 0.3) is 5.65 Å². The van der Waals surface area contributed by atoms with Crippen molar-refractivity contribution in [3.05, 3.63) is 65.4 Å². The molecular formula is C16H17FN4. The first kappa shape index (κ1) is 13.7. The number of halogens is 1. The average molecular weight is 284 g/mol. The van der Waals surface area contributed by atoms with Gasteiger partial charge in [0.05, 0.1) is 6.04 Å². The molecule has 0 aliphatic rings. The van der Waals surface area contributed by atoms with Crippen LogP contribution in [0.5, 0.6) is 0 Å². The zero-order valence-electron chi connectivity index (χ0n) is 12.0. The molecule has 21 heavy (non-hydrogen) atoms. The third-order valence-electron chi connectivity index (χ3n) is 3.63. The minimum atomic E-state index is -0.201. The Balaban J connectivity index is 1.76. The number of hydrogen-bond acceptors (Lipinski definition) is 3. The van der Waals surface area contributed by atoms with Crippen LogP contribution in [-0.2, 0) is 6.54 Å². The maximum absolute atomic E-state index is 13.1. The van der Waals surface area contributed by atoms with Gasteiger partial charge in [-0.3, -0.25) is 4.40 Å². The molecular weight excluding hydrogens is 267 g/mol. The Morgan fingerprint density at radius 3 is 2.90 bits per heavy atom. The lowest BCUT2D eigenvalue weighted by atomic mass is 10.1. The van der Waals surface area contributed by atoms with Gasteiger partial charge in [0.1, 0.15) is 5.82 Å². The van der Waals surface area contributed by atoms with Gasteiger partial charge in [0.2, 0.25) is 0 Å². The lowest BCUT2D eigenvalue weighted by Gasteiger charge is -2.13. The van der Waals surface area contributed by atoms with Crippen molar-refractivity contribution in [1.29, 1.82) is 0 Å². The average Bonchev–Trinajstić information content (AvgIpc) is 2.90. The summed E-state index contributed by atoms with van der Waals surface area (Å²) in [6.45, 7) is 4.62. The molecule has 2 aromatic heterocycles. The maximum Gasteiger partial charge on any atom is 0.160 e. The summed E-state index contributed by atoms with van der Waals surface area (Å²) in [6.07, 6.45) is 1.95. The number of hydrogen-bond donors (Lipinski definition) is 1. The van der Waals surface area contributed by atoms with Gasteiger partial charge >= 0.3 is 0 Å². The van der Waals surface area contributed by atoms with Gasteiger partial charge in [0.15, 0.2) is 11.5 Å². The van der Waals surface area contributed by atoms with Crippen molar-refractivity contribution >= 4 is 5.65 Å². The Labute approximate surface area is 122 Å². The number of rotatable bonds is 4. The van der Waals surface area contributed by atoms with E-state index in [0.717, 1.165) is 22.6 Å². The summed E-state index contributed by atoms with van der Waals surface area (Å²) in [7, 11) is 0. The van der Waals surface area contributed by atoms with E-state index in [1.807, 2.05) is 48.7 Å². The molecule has 3 aromatic rings. The molecule has 3 rings (SSSR count). The van der Waals surface area contributed by atoms with Crippen molar-refractivity contribution in [2.45, 2.75) is 26.4 Å². The Kier molecular flexibility index (Phi) is 3.66. The zero-order chi connectivity index (χ0) is 14.8. The largest absolute Gasteiger partial charge is 0.303 e. The first-order valence-corrected chi connectivity index (χ1v) is 6.93. The van der Waals surface area contributed by atoms with E-state index >= 15 is 0 Å². The molecule has 1 unspecified atom stereocenters. The molecule has 0 aliphatic carbocycles. The second kappa shape index (κ2) is 5.61. The smallest absolute Gasteiger partial charge is 0.160 e. The highest BCUT2D eigenvalue weighted by atomic mass is 19.1. The van der Waals surface area contributed by atoms with Crippen LogP contribution in [0.15, 0.2) is 42.6 Å². The van der Waals surface area contributed by atoms with Crippen LogP contribution < -0.4 is 5.32 Å². The minimum Gasteiger partial charge on any atom is -0.303 e. The van der Waals surface area contributed by atoms with Crippen LogP contribution in [0.2, 0.25) is 0 Å². The van der Waals surface area contributed by atoms with Crippen molar-refractivity contribution in [3.8, 4) is 0 Å². The highest BCUT2D eigenvalue weighted by molar-refractivity contribution is 5.37. The van der Waals surface area contributed by atoms with Gasteiger partial charge in [-0.25, -0.2) is 4.39 Å². The van der Waals surface area contributed by atoms with Gasteiger partial charge in [-0.1, -0.05) is 12.1 Å². The van der Waals surface area contributed by atoms with Crippen molar-refractivity contribution in [2.75, 3.05) is 0 Å². The van der Waals surface area contributed by atoms with Gasteiger partial charge in [-0.15, -0.1) is 10.2 Å². The third kappa shape index (κ3) is 2.78. The predicted molar refractivity (Wildman–Crippen MR) is 79.4 cm³/mol. The number of aromatic nitrogens is 3. The highest BCUT2D eigenvalue weighted by Gasteiger charge is 2.13. The van der Waals surface area contributed by atoms with E-state index in [9.17, 15) is 4.39 Å². The second-order valence-corrected chi connectivity index (χ2v) is 5.16. The molecule has 0 aliphatic heterocycles. The summed E-state index contributed by atoms with van der Waals surface area (Å²) in [5.74, 6) is 0.665. The standard InChI is InChI=1S/C16H17FN4/c1-11-9-14(17)7-6-13(11)10-18-12(2)16-20-19-15-5-3-4-8-21(15)16/h3-9,12,18H,10H2,1-2H3. The summed E-state index contributed by atoms with van der Waals surface area (Å²) in [6, 6.07) is 10.7. The fraction of sp³-hybridized carbons (Fsp3) is 0.250. The van der Waals surface area contributed by atoms with Gasteiger partial charge in [-0.05, 0) is 49.2 Å². The Morgan fingerprint density at radius 1 is 1.24 bits per heavy atom. The van der Waals surface area contributed by atoms with E-state index in [1.165, 1.54) is 6.07 Å². The summed E-state index contributed by atoms with van der Waals surface area (Å²) >= 11 is 0. The molecule has 1 N–H and O–H groups in total. The van der Waals surface area contributed by atoms with Gasteiger partial charge < -0.3 is 5.32 Å². The molecule has 4 nitrogen and oxygen atoms in total. The molecule has 1 atom stereocenters. The van der Waals surface area contributed by atoms with E-state index in [-0.39, 0.29) is 11.9 Å². The van der Waals surface area contributed by atoms with E-state index in [1.54, 1.807) is 6.07 Å². The normalized spacial score (nSPS) is 12.7. The van der Waals surface area contributed by atoms with E-state index in [4.69, 9.17) is 0 Å². The first-order chi connectivity index (χ1) is 10.1. The molecule has 0 bridgehead atoms. The maximum atomic E-state index is 13.1. The summed E-state index contributed by atoms with van der Waals surface area (Å²) in [5, 5.41) is 11.8. The van der Waals surface area contributed by atoms with Crippen LogP contribution in [0.3, 0.4) is 0 Å². The lowest BCUT2D eigenvalue weighted by Crippen LogP contribution is -2.20. The number of nitrogens with one attached hydrogen (secondary N) is 1. The van der Waals surface area contributed by atoms with Crippen molar-refractivity contribution in [2.24, 2.45) is 0 Å². The SMILES string of the molecule is Cc1cc(F)ccc1CNC(C)c1nnc2ccccn12. The molecule has 0 spiro atoms. The number of pyridine rings is 1.